The highest BCUT2D eigenvalue weighted by Crippen LogP contribution is 2.32. The number of rotatable bonds is 5. The lowest BCUT2D eigenvalue weighted by Gasteiger charge is -2.28. The number of nitrogens with zero attached hydrogens (tertiary/aromatic N) is 1. The van der Waals surface area contributed by atoms with Crippen LogP contribution in [-0.4, -0.2) is 35.3 Å². The Labute approximate surface area is 121 Å². The van der Waals surface area contributed by atoms with Crippen molar-refractivity contribution in [1.82, 2.24) is 10.2 Å². The van der Waals surface area contributed by atoms with Crippen LogP contribution in [0.4, 0.5) is 0 Å². The van der Waals surface area contributed by atoms with Gasteiger partial charge in [0, 0.05) is 6.04 Å². The van der Waals surface area contributed by atoms with E-state index in [0.717, 1.165) is 25.3 Å². The number of imide groups is 1. The number of likely N-dealkylation sites (tertiary alicyclic amines) is 1. The van der Waals surface area contributed by atoms with Gasteiger partial charge in [-0.25, -0.2) is 0 Å². The molecule has 1 N–H and O–H groups in total. The third-order valence-corrected chi connectivity index (χ3v) is 5.29. The lowest BCUT2D eigenvalue weighted by Crippen LogP contribution is -2.41. The predicted octanol–water partition coefficient (Wildman–Crippen LogP) is 2.08. The first-order chi connectivity index (χ1) is 9.69. The molecule has 1 unspecified atom stereocenters. The van der Waals surface area contributed by atoms with Crippen molar-refractivity contribution < 1.29 is 9.59 Å². The summed E-state index contributed by atoms with van der Waals surface area (Å²) in [5.74, 6) is 1.66. The Morgan fingerprint density at radius 3 is 2.30 bits per heavy atom. The van der Waals surface area contributed by atoms with E-state index < -0.39 is 0 Å². The predicted molar refractivity (Wildman–Crippen MR) is 77.0 cm³/mol. The second-order valence-corrected chi connectivity index (χ2v) is 6.79. The molecule has 4 heteroatoms. The zero-order valence-electron chi connectivity index (χ0n) is 12.4. The quantitative estimate of drug-likeness (QED) is 0.783. The van der Waals surface area contributed by atoms with Gasteiger partial charge in [0.1, 0.15) is 0 Å². The molecule has 1 aliphatic heterocycles. The molecule has 2 aliphatic carbocycles. The van der Waals surface area contributed by atoms with Gasteiger partial charge >= 0.3 is 0 Å². The standard InChI is InChI=1S/C16H26N2O2/c1-2-11-3-5-12(6-4-11)10-17-14-9-15(19)18(16(14)20)13-7-8-13/h11-14,17H,2-10H2,1H3. The van der Waals surface area contributed by atoms with Crippen molar-refractivity contribution in [2.24, 2.45) is 11.8 Å². The molecule has 4 nitrogen and oxygen atoms in total. The minimum absolute atomic E-state index is 0.0275. The van der Waals surface area contributed by atoms with E-state index in [1.54, 1.807) is 0 Å². The van der Waals surface area contributed by atoms with Crippen molar-refractivity contribution in [1.29, 1.82) is 0 Å². The molecule has 0 aromatic carbocycles. The van der Waals surface area contributed by atoms with E-state index in [2.05, 4.69) is 12.2 Å². The topological polar surface area (TPSA) is 49.4 Å². The third-order valence-electron chi connectivity index (χ3n) is 5.29. The molecule has 20 heavy (non-hydrogen) atoms. The number of carbonyl (C=O) groups excluding carboxylic acids is 2. The largest absolute Gasteiger partial charge is 0.305 e. The summed E-state index contributed by atoms with van der Waals surface area (Å²) in [5, 5.41) is 3.36. The number of amides is 2. The molecule has 0 radical (unpaired) electrons. The van der Waals surface area contributed by atoms with Crippen molar-refractivity contribution in [3.63, 3.8) is 0 Å². The molecule has 0 spiro atoms. The maximum Gasteiger partial charge on any atom is 0.247 e. The van der Waals surface area contributed by atoms with Crippen LogP contribution in [0.25, 0.3) is 0 Å². The first kappa shape index (κ1) is 14.1. The van der Waals surface area contributed by atoms with Crippen LogP contribution < -0.4 is 5.32 Å². The molecular formula is C16H26N2O2. The zero-order chi connectivity index (χ0) is 14.1. The van der Waals surface area contributed by atoms with Crippen molar-refractivity contribution in [2.45, 2.75) is 70.4 Å². The van der Waals surface area contributed by atoms with Crippen molar-refractivity contribution >= 4 is 11.8 Å². The molecule has 2 amide bonds. The van der Waals surface area contributed by atoms with Crippen LogP contribution in [0, 0.1) is 11.8 Å². The van der Waals surface area contributed by atoms with E-state index in [1.165, 1.54) is 37.0 Å². The normalized spacial score (nSPS) is 34.9. The number of carbonyl (C=O) groups is 2. The summed E-state index contributed by atoms with van der Waals surface area (Å²) in [7, 11) is 0. The zero-order valence-corrected chi connectivity index (χ0v) is 12.4. The van der Waals surface area contributed by atoms with Gasteiger partial charge in [0.2, 0.25) is 11.8 Å². The molecule has 1 saturated heterocycles. The van der Waals surface area contributed by atoms with Gasteiger partial charge in [0.15, 0.2) is 0 Å². The van der Waals surface area contributed by atoms with Crippen LogP contribution >= 0.6 is 0 Å². The van der Waals surface area contributed by atoms with Gasteiger partial charge in [0.25, 0.3) is 0 Å². The van der Waals surface area contributed by atoms with Crippen molar-refractivity contribution in [2.75, 3.05) is 6.54 Å². The second kappa shape index (κ2) is 5.84. The number of nitrogens with one attached hydrogen (secondary N) is 1. The van der Waals surface area contributed by atoms with E-state index in [9.17, 15) is 9.59 Å². The highest BCUT2D eigenvalue weighted by atomic mass is 16.2. The number of hydrogen-bond acceptors (Lipinski definition) is 3. The lowest BCUT2D eigenvalue weighted by molar-refractivity contribution is -0.139. The maximum atomic E-state index is 12.2. The van der Waals surface area contributed by atoms with Crippen LogP contribution in [0.2, 0.25) is 0 Å². The molecule has 0 bridgehead atoms. The average molecular weight is 278 g/mol. The molecule has 1 heterocycles. The summed E-state index contributed by atoms with van der Waals surface area (Å²) in [6, 6.07) is -0.0196. The summed E-state index contributed by atoms with van der Waals surface area (Å²) in [5.41, 5.74) is 0. The molecule has 3 aliphatic rings. The van der Waals surface area contributed by atoms with E-state index in [1.807, 2.05) is 0 Å². The fourth-order valence-electron chi connectivity index (χ4n) is 3.68. The fraction of sp³-hybridized carbons (Fsp3) is 0.875. The highest BCUT2D eigenvalue weighted by Gasteiger charge is 2.45. The molecule has 2 saturated carbocycles. The van der Waals surface area contributed by atoms with Gasteiger partial charge in [-0.2, -0.15) is 0 Å². The SMILES string of the molecule is CCC1CCC(CNC2CC(=O)N(C3CC3)C2=O)CC1. The van der Waals surface area contributed by atoms with E-state index in [4.69, 9.17) is 0 Å². The summed E-state index contributed by atoms with van der Waals surface area (Å²) < 4.78 is 0. The Bertz CT molecular complexity index is 384. The van der Waals surface area contributed by atoms with Crippen LogP contribution in [0.15, 0.2) is 0 Å². The average Bonchev–Trinajstić information content (AvgIpc) is 3.24. The molecule has 3 fully saturated rings. The van der Waals surface area contributed by atoms with Crippen LogP contribution in [0.3, 0.4) is 0 Å². The van der Waals surface area contributed by atoms with E-state index in [-0.39, 0.29) is 23.9 Å². The molecule has 112 valence electrons. The summed E-state index contributed by atoms with van der Waals surface area (Å²) >= 11 is 0. The van der Waals surface area contributed by atoms with Gasteiger partial charge in [-0.3, -0.25) is 14.5 Å². The summed E-state index contributed by atoms with van der Waals surface area (Å²) in [4.78, 5) is 25.6. The molecule has 0 aromatic rings. The fourth-order valence-corrected chi connectivity index (χ4v) is 3.68. The Kier molecular flexibility index (Phi) is 4.11. The first-order valence-electron chi connectivity index (χ1n) is 8.28. The summed E-state index contributed by atoms with van der Waals surface area (Å²) in [6.45, 7) is 3.18. The van der Waals surface area contributed by atoms with E-state index in [0.29, 0.717) is 12.3 Å². The van der Waals surface area contributed by atoms with Crippen LogP contribution in [0.1, 0.15) is 58.3 Å². The Morgan fingerprint density at radius 1 is 1.05 bits per heavy atom. The monoisotopic (exact) mass is 278 g/mol. The highest BCUT2D eigenvalue weighted by molar-refractivity contribution is 6.06. The van der Waals surface area contributed by atoms with Crippen LogP contribution in [-0.2, 0) is 9.59 Å². The second-order valence-electron chi connectivity index (χ2n) is 6.79. The third kappa shape index (κ3) is 2.90. The van der Waals surface area contributed by atoms with Gasteiger partial charge in [-0.1, -0.05) is 26.2 Å². The Hall–Kier alpha value is -0.900. The van der Waals surface area contributed by atoms with E-state index >= 15 is 0 Å². The number of hydrogen-bond donors (Lipinski definition) is 1. The minimum Gasteiger partial charge on any atom is -0.305 e. The minimum atomic E-state index is -0.244. The van der Waals surface area contributed by atoms with Gasteiger partial charge in [0.05, 0.1) is 12.5 Å². The summed E-state index contributed by atoms with van der Waals surface area (Å²) in [6.07, 6.45) is 8.88. The lowest BCUT2D eigenvalue weighted by atomic mass is 9.81. The van der Waals surface area contributed by atoms with Gasteiger partial charge in [-0.15, -0.1) is 0 Å². The first-order valence-corrected chi connectivity index (χ1v) is 8.28. The molecule has 0 aromatic heterocycles. The van der Waals surface area contributed by atoms with Gasteiger partial charge in [-0.05, 0) is 44.1 Å². The smallest absolute Gasteiger partial charge is 0.247 e. The molecule has 1 atom stereocenters. The van der Waals surface area contributed by atoms with Gasteiger partial charge < -0.3 is 5.32 Å². The van der Waals surface area contributed by atoms with Crippen molar-refractivity contribution in [3.05, 3.63) is 0 Å². The van der Waals surface area contributed by atoms with Crippen molar-refractivity contribution in [3.8, 4) is 0 Å². The molecule has 3 rings (SSSR count). The molecular weight excluding hydrogens is 252 g/mol. The maximum absolute atomic E-state index is 12.2. The Balaban J connectivity index is 1.45. The Morgan fingerprint density at radius 2 is 1.70 bits per heavy atom. The van der Waals surface area contributed by atoms with Crippen LogP contribution in [0.5, 0.6) is 0 Å².